The Bertz CT molecular complexity index is 557. The Balaban J connectivity index is 2.74. The van der Waals surface area contributed by atoms with Crippen molar-refractivity contribution in [3.8, 4) is 5.69 Å². The molecule has 1 heterocycles. The van der Waals surface area contributed by atoms with Crippen LogP contribution in [-0.4, -0.2) is 14.8 Å². The van der Waals surface area contributed by atoms with Crippen LogP contribution >= 0.6 is 28.1 Å². The molecule has 0 spiro atoms. The number of anilines is 1. The average Bonchev–Trinajstić information content (AvgIpc) is 2.51. The SMILES string of the molecule is Cc1ccc(Br)cc1-n1c(N)n[nH]c1=S. The number of rotatable bonds is 1. The van der Waals surface area contributed by atoms with Gasteiger partial charge in [-0.3, -0.25) is 4.57 Å². The van der Waals surface area contributed by atoms with Crippen molar-refractivity contribution in [2.24, 2.45) is 0 Å². The Morgan fingerprint density at radius 1 is 1.53 bits per heavy atom. The number of nitrogens with one attached hydrogen (secondary N) is 1. The summed E-state index contributed by atoms with van der Waals surface area (Å²) in [4.78, 5) is 0. The van der Waals surface area contributed by atoms with Gasteiger partial charge in [0.25, 0.3) is 0 Å². The van der Waals surface area contributed by atoms with Crippen molar-refractivity contribution in [3.63, 3.8) is 0 Å². The molecule has 0 aliphatic heterocycles. The molecule has 4 nitrogen and oxygen atoms in total. The Hall–Kier alpha value is -1.14. The molecule has 6 heteroatoms. The molecule has 0 radical (unpaired) electrons. The molecule has 1 aromatic carbocycles. The van der Waals surface area contributed by atoms with Gasteiger partial charge in [0.15, 0.2) is 0 Å². The van der Waals surface area contributed by atoms with Crippen LogP contribution in [0.5, 0.6) is 0 Å². The standard InChI is InChI=1S/C9H9BrN4S/c1-5-2-3-6(10)4-7(5)14-8(11)12-13-9(14)15/h2-4H,1H3,(H2,11,12)(H,13,15). The first-order valence-electron chi connectivity index (χ1n) is 4.29. The third-order valence-corrected chi connectivity index (χ3v) is 2.88. The number of nitrogen functional groups attached to an aromatic ring is 1. The lowest BCUT2D eigenvalue weighted by atomic mass is 10.2. The van der Waals surface area contributed by atoms with Crippen LogP contribution in [0.4, 0.5) is 5.95 Å². The van der Waals surface area contributed by atoms with E-state index in [2.05, 4.69) is 26.1 Å². The smallest absolute Gasteiger partial charge is 0.225 e. The quantitative estimate of drug-likeness (QED) is 0.792. The van der Waals surface area contributed by atoms with Gasteiger partial charge >= 0.3 is 0 Å². The predicted molar refractivity (Wildman–Crippen MR) is 65.6 cm³/mol. The minimum absolute atomic E-state index is 0.362. The summed E-state index contributed by atoms with van der Waals surface area (Å²) in [6.07, 6.45) is 0. The molecule has 0 unspecified atom stereocenters. The lowest BCUT2D eigenvalue weighted by Crippen LogP contribution is -2.02. The van der Waals surface area contributed by atoms with Gasteiger partial charge in [-0.05, 0) is 36.8 Å². The monoisotopic (exact) mass is 284 g/mol. The maximum absolute atomic E-state index is 5.73. The summed E-state index contributed by atoms with van der Waals surface area (Å²) in [6, 6.07) is 5.92. The molecule has 2 rings (SSSR count). The van der Waals surface area contributed by atoms with Crippen LogP contribution in [0.1, 0.15) is 5.56 Å². The van der Waals surface area contributed by atoms with Gasteiger partial charge in [-0.15, -0.1) is 5.10 Å². The summed E-state index contributed by atoms with van der Waals surface area (Å²) >= 11 is 8.52. The molecule has 0 amide bonds. The van der Waals surface area contributed by atoms with Crippen molar-refractivity contribution in [2.45, 2.75) is 6.92 Å². The molecule has 0 atom stereocenters. The van der Waals surface area contributed by atoms with E-state index in [9.17, 15) is 0 Å². The number of H-pyrrole nitrogens is 1. The van der Waals surface area contributed by atoms with Crippen LogP contribution in [0.2, 0.25) is 0 Å². The van der Waals surface area contributed by atoms with E-state index in [4.69, 9.17) is 18.0 Å². The van der Waals surface area contributed by atoms with Gasteiger partial charge in [0.05, 0.1) is 5.69 Å². The second kappa shape index (κ2) is 3.79. The topological polar surface area (TPSA) is 59.6 Å². The van der Waals surface area contributed by atoms with Crippen LogP contribution < -0.4 is 5.73 Å². The molecular formula is C9H9BrN4S. The van der Waals surface area contributed by atoms with Crippen LogP contribution in [0.25, 0.3) is 5.69 Å². The Labute approximate surface area is 100 Å². The number of aromatic amines is 1. The normalized spacial score (nSPS) is 10.5. The molecule has 3 N–H and O–H groups in total. The van der Waals surface area contributed by atoms with Crippen molar-refractivity contribution < 1.29 is 0 Å². The summed E-state index contributed by atoms with van der Waals surface area (Å²) in [6.45, 7) is 2.00. The molecule has 2 aromatic rings. The fourth-order valence-corrected chi connectivity index (χ4v) is 1.95. The molecule has 0 bridgehead atoms. The lowest BCUT2D eigenvalue weighted by Gasteiger charge is -2.07. The van der Waals surface area contributed by atoms with E-state index in [-0.39, 0.29) is 0 Å². The molecule has 1 aromatic heterocycles. The Morgan fingerprint density at radius 2 is 2.27 bits per heavy atom. The molecule has 0 fully saturated rings. The third-order valence-electron chi connectivity index (χ3n) is 2.11. The predicted octanol–water partition coefficient (Wildman–Crippen LogP) is 2.58. The lowest BCUT2D eigenvalue weighted by molar-refractivity contribution is 1.02. The third kappa shape index (κ3) is 1.82. The summed E-state index contributed by atoms with van der Waals surface area (Å²) < 4.78 is 3.18. The van der Waals surface area contributed by atoms with Crippen molar-refractivity contribution >= 4 is 34.1 Å². The zero-order valence-corrected chi connectivity index (χ0v) is 10.4. The fourth-order valence-electron chi connectivity index (χ4n) is 1.37. The van der Waals surface area contributed by atoms with Crippen LogP contribution in [0.15, 0.2) is 22.7 Å². The second-order valence-electron chi connectivity index (χ2n) is 3.15. The first kappa shape index (κ1) is 10.4. The highest BCUT2D eigenvalue weighted by Gasteiger charge is 2.07. The molecule has 0 saturated heterocycles. The van der Waals surface area contributed by atoms with E-state index in [1.165, 1.54) is 0 Å². The number of hydrogen-bond acceptors (Lipinski definition) is 3. The number of nitrogens with zero attached hydrogens (tertiary/aromatic N) is 2. The number of aryl methyl sites for hydroxylation is 1. The molecule has 0 aliphatic rings. The van der Waals surface area contributed by atoms with Crippen molar-refractivity contribution in [1.82, 2.24) is 14.8 Å². The maximum atomic E-state index is 5.73. The van der Waals surface area contributed by atoms with Gasteiger partial charge in [0, 0.05) is 4.47 Å². The van der Waals surface area contributed by atoms with E-state index >= 15 is 0 Å². The average molecular weight is 285 g/mol. The van der Waals surface area contributed by atoms with Crippen molar-refractivity contribution in [3.05, 3.63) is 33.0 Å². The van der Waals surface area contributed by atoms with Crippen molar-refractivity contribution in [2.75, 3.05) is 5.73 Å². The van der Waals surface area contributed by atoms with Gasteiger partial charge in [0.2, 0.25) is 10.7 Å². The van der Waals surface area contributed by atoms with Gasteiger partial charge in [-0.2, -0.15) is 0 Å². The number of nitrogens with two attached hydrogens (primary N) is 1. The van der Waals surface area contributed by atoms with E-state index in [0.717, 1.165) is 15.7 Å². The number of halogens is 1. The van der Waals surface area contributed by atoms with E-state index in [1.54, 1.807) is 4.57 Å². The van der Waals surface area contributed by atoms with Crippen molar-refractivity contribution in [1.29, 1.82) is 0 Å². The second-order valence-corrected chi connectivity index (χ2v) is 4.46. The Morgan fingerprint density at radius 3 is 2.87 bits per heavy atom. The zero-order chi connectivity index (χ0) is 11.0. The number of aromatic nitrogens is 3. The summed E-state index contributed by atoms with van der Waals surface area (Å²) in [5.74, 6) is 0.362. The largest absolute Gasteiger partial charge is 0.368 e. The highest BCUT2D eigenvalue weighted by Crippen LogP contribution is 2.21. The van der Waals surface area contributed by atoms with Gasteiger partial charge < -0.3 is 5.73 Å². The van der Waals surface area contributed by atoms with Gasteiger partial charge in [-0.1, -0.05) is 22.0 Å². The van der Waals surface area contributed by atoms with E-state index in [1.807, 2.05) is 25.1 Å². The van der Waals surface area contributed by atoms with Gasteiger partial charge in [-0.25, -0.2) is 5.10 Å². The van der Waals surface area contributed by atoms with Crippen LogP contribution in [-0.2, 0) is 0 Å². The molecule has 78 valence electrons. The summed E-state index contributed by atoms with van der Waals surface area (Å²) in [5.41, 5.74) is 7.75. The first-order valence-corrected chi connectivity index (χ1v) is 5.49. The highest BCUT2D eigenvalue weighted by atomic mass is 79.9. The van der Waals surface area contributed by atoms with E-state index < -0.39 is 0 Å². The molecule has 0 aliphatic carbocycles. The fraction of sp³-hybridized carbons (Fsp3) is 0.111. The molecule has 15 heavy (non-hydrogen) atoms. The zero-order valence-electron chi connectivity index (χ0n) is 7.99. The van der Waals surface area contributed by atoms with Crippen LogP contribution in [0.3, 0.4) is 0 Å². The number of benzene rings is 1. The Kier molecular flexibility index (Phi) is 2.62. The van der Waals surface area contributed by atoms with Gasteiger partial charge in [0.1, 0.15) is 0 Å². The van der Waals surface area contributed by atoms with E-state index in [0.29, 0.717) is 10.7 Å². The molecular weight excluding hydrogens is 276 g/mol. The molecule has 0 saturated carbocycles. The summed E-state index contributed by atoms with van der Waals surface area (Å²) in [5, 5.41) is 6.53. The number of hydrogen-bond donors (Lipinski definition) is 2. The highest BCUT2D eigenvalue weighted by molar-refractivity contribution is 9.10. The van der Waals surface area contributed by atoms with Crippen LogP contribution in [0, 0.1) is 11.7 Å². The first-order chi connectivity index (χ1) is 7.09. The minimum Gasteiger partial charge on any atom is -0.368 e. The minimum atomic E-state index is 0.362. The maximum Gasteiger partial charge on any atom is 0.225 e. The summed E-state index contributed by atoms with van der Waals surface area (Å²) in [7, 11) is 0.